The average molecular weight is 326 g/mol. The van der Waals surface area contributed by atoms with E-state index in [9.17, 15) is 9.59 Å². The highest BCUT2D eigenvalue weighted by Crippen LogP contribution is 2.66. The van der Waals surface area contributed by atoms with E-state index in [4.69, 9.17) is 0 Å². The summed E-state index contributed by atoms with van der Waals surface area (Å²) >= 11 is 0. The Hall–Kier alpha value is -1.18. The lowest BCUT2D eigenvalue weighted by atomic mass is 9.45. The molecule has 0 amide bonds. The molecule has 0 saturated heterocycles. The molecule has 4 aliphatic carbocycles. The normalized spacial score (nSPS) is 47.5. The summed E-state index contributed by atoms with van der Waals surface area (Å²) in [6.45, 7) is 8.64. The predicted molar refractivity (Wildman–Crippen MR) is 95.4 cm³/mol. The molecule has 1 unspecified atom stereocenters. The van der Waals surface area contributed by atoms with Gasteiger partial charge in [0.15, 0.2) is 5.78 Å². The second-order valence-corrected chi connectivity index (χ2v) is 9.25. The summed E-state index contributed by atoms with van der Waals surface area (Å²) in [5, 5.41) is 0. The fraction of sp³-hybridized carbons (Fsp3) is 0.727. The van der Waals surface area contributed by atoms with E-state index in [2.05, 4.69) is 26.5 Å². The van der Waals surface area contributed by atoms with E-state index in [0.29, 0.717) is 41.7 Å². The topological polar surface area (TPSA) is 34.1 Å². The van der Waals surface area contributed by atoms with Gasteiger partial charge in [0.1, 0.15) is 5.78 Å². The molecule has 0 spiro atoms. The summed E-state index contributed by atoms with van der Waals surface area (Å²) in [5.41, 5.74) is 1.51. The first kappa shape index (κ1) is 16.3. The van der Waals surface area contributed by atoms with Gasteiger partial charge in [0.25, 0.3) is 0 Å². The van der Waals surface area contributed by atoms with Crippen LogP contribution in [0.5, 0.6) is 0 Å². The van der Waals surface area contributed by atoms with Gasteiger partial charge in [0.2, 0.25) is 0 Å². The molecule has 0 bridgehead atoms. The number of fused-ring (bicyclic) bond motifs is 5. The molecule has 4 aliphatic rings. The fourth-order valence-corrected chi connectivity index (χ4v) is 6.93. The third kappa shape index (κ3) is 2.07. The summed E-state index contributed by atoms with van der Waals surface area (Å²) < 4.78 is 0. The number of allylic oxidation sites excluding steroid dienone is 2. The van der Waals surface area contributed by atoms with Gasteiger partial charge in [-0.05, 0) is 73.7 Å². The van der Waals surface area contributed by atoms with Crippen molar-refractivity contribution in [2.24, 2.45) is 34.5 Å². The van der Waals surface area contributed by atoms with Crippen molar-refractivity contribution in [3.8, 4) is 0 Å². The maximum Gasteiger partial charge on any atom is 0.155 e. The van der Waals surface area contributed by atoms with Crippen LogP contribution in [0.25, 0.3) is 0 Å². The second-order valence-electron chi connectivity index (χ2n) is 9.25. The molecular weight excluding hydrogens is 296 g/mol. The highest BCUT2D eigenvalue weighted by Gasteiger charge is 2.60. The van der Waals surface area contributed by atoms with Crippen molar-refractivity contribution < 1.29 is 9.59 Å². The van der Waals surface area contributed by atoms with Crippen LogP contribution < -0.4 is 0 Å². The van der Waals surface area contributed by atoms with Gasteiger partial charge in [-0.25, -0.2) is 0 Å². The van der Waals surface area contributed by atoms with Gasteiger partial charge in [0.05, 0.1) is 0 Å². The second kappa shape index (κ2) is 5.41. The molecule has 0 aromatic rings. The van der Waals surface area contributed by atoms with E-state index in [1.54, 1.807) is 0 Å². The Morgan fingerprint density at radius 3 is 2.62 bits per heavy atom. The standard InChI is InChI=1S/C22H30O2/c1-4-5-14-12-15-13-16(23)8-10-21(15,2)18-9-11-22(3)17(20(14)18)6-7-19(22)24/h4,13-14,17-18,20H,1,5-12H2,2-3H3/t14-,17?,18+,20+,21+,22+/m1/s1. The molecule has 130 valence electrons. The van der Waals surface area contributed by atoms with Gasteiger partial charge >= 0.3 is 0 Å². The number of hydrogen-bond donors (Lipinski definition) is 0. The summed E-state index contributed by atoms with van der Waals surface area (Å²) in [6.07, 6.45) is 11.9. The quantitative estimate of drug-likeness (QED) is 0.677. The first-order chi connectivity index (χ1) is 11.4. The summed E-state index contributed by atoms with van der Waals surface area (Å²) in [6, 6.07) is 0. The van der Waals surface area contributed by atoms with Gasteiger partial charge in [-0.1, -0.05) is 25.5 Å². The molecule has 4 rings (SSSR count). The molecule has 0 N–H and O–H groups in total. The third-order valence-corrected chi connectivity index (χ3v) is 8.32. The van der Waals surface area contributed by atoms with Crippen LogP contribution in [0.4, 0.5) is 0 Å². The molecule has 0 heterocycles. The van der Waals surface area contributed by atoms with E-state index in [0.717, 1.165) is 44.9 Å². The molecule has 6 atom stereocenters. The Kier molecular flexibility index (Phi) is 3.67. The van der Waals surface area contributed by atoms with Crippen molar-refractivity contribution in [2.75, 3.05) is 0 Å². The molecule has 0 aromatic carbocycles. The Balaban J connectivity index is 1.77. The number of hydrogen-bond acceptors (Lipinski definition) is 2. The minimum absolute atomic E-state index is 0.0807. The number of carbonyl (C=O) groups excluding carboxylic acids is 2. The highest BCUT2D eigenvalue weighted by molar-refractivity contribution is 5.91. The lowest BCUT2D eigenvalue weighted by Gasteiger charge is -2.59. The van der Waals surface area contributed by atoms with Gasteiger partial charge in [-0.3, -0.25) is 9.59 Å². The van der Waals surface area contributed by atoms with Crippen molar-refractivity contribution >= 4 is 11.6 Å². The Bertz CT molecular complexity index is 630. The van der Waals surface area contributed by atoms with Crippen molar-refractivity contribution in [3.05, 3.63) is 24.3 Å². The lowest BCUT2D eigenvalue weighted by Crippen LogP contribution is -2.53. The molecule has 2 nitrogen and oxygen atoms in total. The van der Waals surface area contributed by atoms with E-state index in [1.165, 1.54) is 5.57 Å². The summed E-state index contributed by atoms with van der Waals surface area (Å²) in [5.74, 6) is 3.20. The van der Waals surface area contributed by atoms with Crippen LogP contribution in [0.2, 0.25) is 0 Å². The van der Waals surface area contributed by atoms with E-state index >= 15 is 0 Å². The van der Waals surface area contributed by atoms with Gasteiger partial charge in [-0.15, -0.1) is 6.58 Å². The molecular formula is C22H30O2. The zero-order chi connectivity index (χ0) is 17.1. The van der Waals surface area contributed by atoms with Crippen molar-refractivity contribution in [1.82, 2.24) is 0 Å². The zero-order valence-corrected chi connectivity index (χ0v) is 15.1. The molecule has 24 heavy (non-hydrogen) atoms. The van der Waals surface area contributed by atoms with Crippen LogP contribution in [0.3, 0.4) is 0 Å². The molecule has 3 fully saturated rings. The van der Waals surface area contributed by atoms with E-state index in [-0.39, 0.29) is 10.8 Å². The maximum atomic E-state index is 12.6. The van der Waals surface area contributed by atoms with Crippen LogP contribution >= 0.6 is 0 Å². The van der Waals surface area contributed by atoms with Gasteiger partial charge < -0.3 is 0 Å². The first-order valence-electron chi connectivity index (χ1n) is 9.78. The average Bonchev–Trinajstić information content (AvgIpc) is 2.85. The Morgan fingerprint density at radius 2 is 1.88 bits per heavy atom. The molecule has 0 aromatic heterocycles. The number of rotatable bonds is 2. The Morgan fingerprint density at radius 1 is 1.12 bits per heavy atom. The van der Waals surface area contributed by atoms with Crippen LogP contribution in [0.15, 0.2) is 24.3 Å². The summed E-state index contributed by atoms with van der Waals surface area (Å²) in [4.78, 5) is 24.6. The smallest absolute Gasteiger partial charge is 0.155 e. The lowest BCUT2D eigenvalue weighted by molar-refractivity contribution is -0.135. The van der Waals surface area contributed by atoms with Crippen molar-refractivity contribution in [1.29, 1.82) is 0 Å². The van der Waals surface area contributed by atoms with Crippen LogP contribution in [0, 0.1) is 34.5 Å². The number of ketones is 2. The Labute approximate surface area is 145 Å². The minimum atomic E-state index is -0.0807. The van der Waals surface area contributed by atoms with Gasteiger partial charge in [-0.2, -0.15) is 0 Å². The zero-order valence-electron chi connectivity index (χ0n) is 15.1. The molecule has 0 aliphatic heterocycles. The highest BCUT2D eigenvalue weighted by atomic mass is 16.1. The van der Waals surface area contributed by atoms with Crippen LogP contribution in [-0.4, -0.2) is 11.6 Å². The number of carbonyl (C=O) groups is 2. The van der Waals surface area contributed by atoms with Gasteiger partial charge in [0, 0.05) is 18.3 Å². The monoisotopic (exact) mass is 326 g/mol. The van der Waals surface area contributed by atoms with Crippen molar-refractivity contribution in [3.63, 3.8) is 0 Å². The predicted octanol–water partition coefficient (Wildman–Crippen LogP) is 4.89. The summed E-state index contributed by atoms with van der Waals surface area (Å²) in [7, 11) is 0. The van der Waals surface area contributed by atoms with Crippen LogP contribution in [0.1, 0.15) is 65.2 Å². The van der Waals surface area contributed by atoms with Crippen molar-refractivity contribution in [2.45, 2.75) is 65.2 Å². The molecule has 0 radical (unpaired) electrons. The SMILES string of the molecule is C=CC[C@@H]1CC2=CC(=O)CC[C@]2(C)[C@H]2CC[C@]3(C)C(=O)CCC3[C@H]12. The van der Waals surface area contributed by atoms with Crippen LogP contribution in [-0.2, 0) is 9.59 Å². The van der Waals surface area contributed by atoms with E-state index in [1.807, 2.05) is 6.08 Å². The largest absolute Gasteiger partial charge is 0.299 e. The third-order valence-electron chi connectivity index (χ3n) is 8.32. The first-order valence-corrected chi connectivity index (χ1v) is 9.78. The molecule has 3 saturated carbocycles. The molecule has 2 heteroatoms. The maximum absolute atomic E-state index is 12.6. The van der Waals surface area contributed by atoms with E-state index < -0.39 is 0 Å². The minimum Gasteiger partial charge on any atom is -0.299 e. The fourth-order valence-electron chi connectivity index (χ4n) is 6.93. The number of Topliss-reactive ketones (excluding diaryl/α,β-unsaturated/α-hetero) is 1.